The van der Waals surface area contributed by atoms with E-state index in [0.29, 0.717) is 17.2 Å². The summed E-state index contributed by atoms with van der Waals surface area (Å²) in [5.74, 6) is 0.248. The summed E-state index contributed by atoms with van der Waals surface area (Å²) >= 11 is 0. The smallest absolute Gasteiger partial charge is 0.232 e. The molecule has 0 fully saturated rings. The van der Waals surface area contributed by atoms with Crippen molar-refractivity contribution in [3.05, 3.63) is 48.0 Å². The molecule has 0 saturated carbocycles. The van der Waals surface area contributed by atoms with E-state index >= 15 is 0 Å². The molecule has 2 aromatic carbocycles. The molecule has 2 aromatic rings. The highest BCUT2D eigenvalue weighted by Crippen LogP contribution is 2.35. The first kappa shape index (κ1) is 15.9. The number of para-hydroxylation sites is 1. The van der Waals surface area contributed by atoms with Crippen molar-refractivity contribution in [3.8, 4) is 11.5 Å². The van der Waals surface area contributed by atoms with Crippen LogP contribution in [0.4, 0.5) is 11.4 Å². The van der Waals surface area contributed by atoms with Crippen LogP contribution in [-0.4, -0.2) is 26.0 Å². The SMILES string of the molecule is COc1ccc(NC(=O)CC2C(=O)Nc3ccccc32)cc1OC. The zero-order chi connectivity index (χ0) is 17.1. The summed E-state index contributed by atoms with van der Waals surface area (Å²) in [5.41, 5.74) is 2.21. The molecule has 2 N–H and O–H groups in total. The molecule has 6 nitrogen and oxygen atoms in total. The summed E-state index contributed by atoms with van der Waals surface area (Å²) in [7, 11) is 3.08. The normalized spacial score (nSPS) is 15.4. The molecular formula is C18H18N2O4. The molecule has 1 aliphatic rings. The number of amides is 2. The molecule has 24 heavy (non-hydrogen) atoms. The van der Waals surface area contributed by atoms with Gasteiger partial charge in [0, 0.05) is 23.9 Å². The quantitative estimate of drug-likeness (QED) is 0.886. The van der Waals surface area contributed by atoms with Gasteiger partial charge in [0.15, 0.2) is 11.5 Å². The molecule has 3 rings (SSSR count). The van der Waals surface area contributed by atoms with Gasteiger partial charge in [0.25, 0.3) is 0 Å². The Balaban J connectivity index is 1.71. The van der Waals surface area contributed by atoms with E-state index in [9.17, 15) is 9.59 Å². The number of carbonyl (C=O) groups excluding carboxylic acids is 2. The van der Waals surface area contributed by atoms with E-state index in [1.165, 1.54) is 7.11 Å². The minimum atomic E-state index is -0.471. The van der Waals surface area contributed by atoms with Crippen LogP contribution >= 0.6 is 0 Å². The van der Waals surface area contributed by atoms with Gasteiger partial charge < -0.3 is 20.1 Å². The minimum absolute atomic E-state index is 0.0805. The molecule has 0 spiro atoms. The van der Waals surface area contributed by atoms with Crippen molar-refractivity contribution in [1.82, 2.24) is 0 Å². The van der Waals surface area contributed by atoms with Crippen molar-refractivity contribution >= 4 is 23.2 Å². The predicted molar refractivity (Wildman–Crippen MR) is 90.6 cm³/mol. The average molecular weight is 326 g/mol. The first-order chi connectivity index (χ1) is 11.6. The summed E-state index contributed by atoms with van der Waals surface area (Å²) in [6.07, 6.45) is 0.0805. The van der Waals surface area contributed by atoms with Crippen LogP contribution in [0.1, 0.15) is 17.9 Å². The van der Waals surface area contributed by atoms with Crippen molar-refractivity contribution in [3.63, 3.8) is 0 Å². The van der Waals surface area contributed by atoms with Gasteiger partial charge in [-0.1, -0.05) is 18.2 Å². The average Bonchev–Trinajstić information content (AvgIpc) is 2.90. The Labute approximate surface area is 139 Å². The zero-order valence-corrected chi connectivity index (χ0v) is 13.5. The summed E-state index contributed by atoms with van der Waals surface area (Å²) in [4.78, 5) is 24.4. The minimum Gasteiger partial charge on any atom is -0.493 e. The van der Waals surface area contributed by atoms with E-state index < -0.39 is 5.92 Å². The fourth-order valence-electron chi connectivity index (χ4n) is 2.79. The third-order valence-electron chi connectivity index (χ3n) is 3.97. The van der Waals surface area contributed by atoms with Gasteiger partial charge in [0.1, 0.15) is 0 Å². The summed E-state index contributed by atoms with van der Waals surface area (Å²) in [5, 5.41) is 5.59. The number of rotatable bonds is 5. The number of methoxy groups -OCH3 is 2. The van der Waals surface area contributed by atoms with E-state index in [4.69, 9.17) is 9.47 Å². The van der Waals surface area contributed by atoms with E-state index in [1.807, 2.05) is 24.3 Å². The van der Waals surface area contributed by atoms with Crippen LogP contribution < -0.4 is 20.1 Å². The molecule has 2 amide bonds. The fourth-order valence-corrected chi connectivity index (χ4v) is 2.79. The van der Waals surface area contributed by atoms with Crippen LogP contribution in [0.3, 0.4) is 0 Å². The molecule has 0 aromatic heterocycles. The van der Waals surface area contributed by atoms with Crippen molar-refractivity contribution in [1.29, 1.82) is 0 Å². The molecule has 1 heterocycles. The Morgan fingerprint density at radius 1 is 1.12 bits per heavy atom. The number of hydrogen-bond donors (Lipinski definition) is 2. The van der Waals surface area contributed by atoms with Crippen LogP contribution in [0.15, 0.2) is 42.5 Å². The van der Waals surface area contributed by atoms with Crippen molar-refractivity contribution in [2.75, 3.05) is 24.9 Å². The lowest BCUT2D eigenvalue weighted by atomic mass is 9.97. The molecule has 1 unspecified atom stereocenters. The van der Waals surface area contributed by atoms with Crippen LogP contribution in [0, 0.1) is 0 Å². The van der Waals surface area contributed by atoms with Gasteiger partial charge in [-0.3, -0.25) is 9.59 Å². The van der Waals surface area contributed by atoms with Crippen LogP contribution in [-0.2, 0) is 9.59 Å². The number of ether oxygens (including phenoxy) is 2. The summed E-state index contributed by atoms with van der Waals surface area (Å²) < 4.78 is 10.4. The Morgan fingerprint density at radius 2 is 1.88 bits per heavy atom. The zero-order valence-electron chi connectivity index (χ0n) is 13.5. The molecule has 0 aliphatic carbocycles. The van der Waals surface area contributed by atoms with Gasteiger partial charge in [-0.2, -0.15) is 0 Å². The van der Waals surface area contributed by atoms with Gasteiger partial charge in [-0.25, -0.2) is 0 Å². The number of fused-ring (bicyclic) bond motifs is 1. The molecular weight excluding hydrogens is 308 g/mol. The van der Waals surface area contributed by atoms with E-state index in [1.54, 1.807) is 25.3 Å². The van der Waals surface area contributed by atoms with E-state index in [2.05, 4.69) is 10.6 Å². The molecule has 0 bridgehead atoms. The number of hydrogen-bond acceptors (Lipinski definition) is 4. The lowest BCUT2D eigenvalue weighted by molar-refractivity contribution is -0.122. The fraction of sp³-hybridized carbons (Fsp3) is 0.222. The van der Waals surface area contributed by atoms with E-state index in [0.717, 1.165) is 11.3 Å². The van der Waals surface area contributed by atoms with Gasteiger partial charge in [0.05, 0.1) is 20.1 Å². The lowest BCUT2D eigenvalue weighted by Gasteiger charge is -2.12. The highest BCUT2D eigenvalue weighted by molar-refractivity contribution is 6.06. The molecule has 1 atom stereocenters. The van der Waals surface area contributed by atoms with Crippen molar-refractivity contribution < 1.29 is 19.1 Å². The maximum Gasteiger partial charge on any atom is 0.232 e. The van der Waals surface area contributed by atoms with Crippen LogP contribution in [0.25, 0.3) is 0 Å². The van der Waals surface area contributed by atoms with Crippen molar-refractivity contribution in [2.45, 2.75) is 12.3 Å². The maximum atomic E-state index is 12.3. The largest absolute Gasteiger partial charge is 0.493 e. The first-order valence-electron chi connectivity index (χ1n) is 7.54. The Kier molecular flexibility index (Phi) is 4.37. The predicted octanol–water partition coefficient (Wildman–Crippen LogP) is 2.77. The molecule has 0 saturated heterocycles. The molecule has 6 heteroatoms. The van der Waals surface area contributed by atoms with Crippen LogP contribution in [0.5, 0.6) is 11.5 Å². The third-order valence-corrected chi connectivity index (χ3v) is 3.97. The summed E-state index contributed by atoms with van der Waals surface area (Å²) in [6, 6.07) is 12.5. The molecule has 124 valence electrons. The van der Waals surface area contributed by atoms with Gasteiger partial charge >= 0.3 is 0 Å². The highest BCUT2D eigenvalue weighted by atomic mass is 16.5. The molecule has 1 aliphatic heterocycles. The topological polar surface area (TPSA) is 76.7 Å². The number of benzene rings is 2. The third kappa shape index (κ3) is 3.03. The molecule has 0 radical (unpaired) electrons. The van der Waals surface area contributed by atoms with Gasteiger partial charge in [-0.05, 0) is 23.8 Å². The van der Waals surface area contributed by atoms with Crippen LogP contribution in [0.2, 0.25) is 0 Å². The van der Waals surface area contributed by atoms with Gasteiger partial charge in [0.2, 0.25) is 11.8 Å². The van der Waals surface area contributed by atoms with Gasteiger partial charge in [-0.15, -0.1) is 0 Å². The van der Waals surface area contributed by atoms with E-state index in [-0.39, 0.29) is 18.2 Å². The second kappa shape index (κ2) is 6.62. The summed E-state index contributed by atoms with van der Waals surface area (Å²) in [6.45, 7) is 0. The number of nitrogens with one attached hydrogen (secondary N) is 2. The lowest BCUT2D eigenvalue weighted by Crippen LogP contribution is -2.20. The maximum absolute atomic E-state index is 12.3. The standard InChI is InChI=1S/C18H18N2O4/c1-23-15-8-7-11(9-16(15)24-2)19-17(21)10-13-12-5-3-4-6-14(12)20-18(13)22/h3-9,13H,10H2,1-2H3,(H,19,21)(H,20,22). The number of anilines is 2. The second-order valence-electron chi connectivity index (χ2n) is 5.45. The monoisotopic (exact) mass is 326 g/mol. The first-order valence-corrected chi connectivity index (χ1v) is 7.54. The Morgan fingerprint density at radius 3 is 2.62 bits per heavy atom. The highest BCUT2D eigenvalue weighted by Gasteiger charge is 2.31. The van der Waals surface area contributed by atoms with Crippen molar-refractivity contribution in [2.24, 2.45) is 0 Å². The Hall–Kier alpha value is -3.02. The Bertz CT molecular complexity index is 788. The number of carbonyl (C=O) groups is 2. The second-order valence-corrected chi connectivity index (χ2v) is 5.45.